The van der Waals surface area contributed by atoms with Gasteiger partial charge in [-0.1, -0.05) is 18.6 Å². The molecular weight excluding hydrogens is 189 g/mol. The van der Waals surface area contributed by atoms with Crippen molar-refractivity contribution in [3.63, 3.8) is 0 Å². The molecule has 0 heterocycles. The summed E-state index contributed by atoms with van der Waals surface area (Å²) in [7, 11) is 1.96. The molecule has 0 spiro atoms. The molecule has 0 aliphatic heterocycles. The van der Waals surface area contributed by atoms with Gasteiger partial charge in [0.25, 0.3) is 0 Å². The molecule has 1 aliphatic carbocycles. The summed E-state index contributed by atoms with van der Waals surface area (Å²) in [5.41, 5.74) is 1.15. The zero-order chi connectivity index (χ0) is 10.7. The Bertz CT molecular complexity index is 320. The van der Waals surface area contributed by atoms with Crippen LogP contribution in [0.2, 0.25) is 0 Å². The van der Waals surface area contributed by atoms with E-state index in [1.807, 2.05) is 19.2 Å². The molecule has 1 fully saturated rings. The normalized spacial score (nSPS) is 18.5. The fraction of sp³-hybridized carbons (Fsp3) is 0.538. The van der Waals surface area contributed by atoms with E-state index in [0.717, 1.165) is 18.0 Å². The average Bonchev–Trinajstić information content (AvgIpc) is 2.14. The molecule has 1 unspecified atom stereocenters. The monoisotopic (exact) mass is 207 g/mol. The molecule has 1 aliphatic rings. The van der Waals surface area contributed by atoms with Crippen LogP contribution < -0.4 is 5.32 Å². The van der Waals surface area contributed by atoms with Gasteiger partial charge in [0.05, 0.1) is 0 Å². The van der Waals surface area contributed by atoms with Crippen LogP contribution in [0, 0.1) is 11.7 Å². The molecule has 1 saturated carbocycles. The molecule has 1 N–H and O–H groups in total. The number of likely N-dealkylation sites (N-methyl/N-ethyl adjacent to an activating group) is 1. The summed E-state index contributed by atoms with van der Waals surface area (Å²) in [6.45, 7) is 0.952. The van der Waals surface area contributed by atoms with Crippen LogP contribution in [0.4, 0.5) is 4.39 Å². The first-order valence-electron chi connectivity index (χ1n) is 5.71. The first kappa shape index (κ1) is 10.6. The van der Waals surface area contributed by atoms with Gasteiger partial charge >= 0.3 is 0 Å². The molecule has 1 atom stereocenters. The SMILES string of the molecule is CNCC(c1cccc(F)c1)C1CCC1. The Hall–Kier alpha value is -0.890. The minimum Gasteiger partial charge on any atom is -0.319 e. The lowest BCUT2D eigenvalue weighted by atomic mass is 9.73. The molecule has 2 rings (SSSR count). The van der Waals surface area contributed by atoms with E-state index >= 15 is 0 Å². The molecule has 0 radical (unpaired) electrons. The molecule has 82 valence electrons. The lowest BCUT2D eigenvalue weighted by Crippen LogP contribution is -2.28. The van der Waals surface area contributed by atoms with Crippen molar-refractivity contribution in [3.8, 4) is 0 Å². The van der Waals surface area contributed by atoms with Crippen LogP contribution in [-0.2, 0) is 0 Å². The second-order valence-electron chi connectivity index (χ2n) is 4.41. The molecule has 15 heavy (non-hydrogen) atoms. The summed E-state index contributed by atoms with van der Waals surface area (Å²) in [5, 5.41) is 3.21. The second-order valence-corrected chi connectivity index (χ2v) is 4.41. The molecular formula is C13H18FN. The fourth-order valence-electron chi connectivity index (χ4n) is 2.36. The number of benzene rings is 1. The summed E-state index contributed by atoms with van der Waals surface area (Å²) in [4.78, 5) is 0. The van der Waals surface area contributed by atoms with E-state index in [4.69, 9.17) is 0 Å². The van der Waals surface area contributed by atoms with E-state index in [9.17, 15) is 4.39 Å². The lowest BCUT2D eigenvalue weighted by molar-refractivity contribution is 0.257. The Balaban J connectivity index is 2.15. The Labute approximate surface area is 90.7 Å². The molecule has 1 aromatic rings. The number of hydrogen-bond donors (Lipinski definition) is 1. The summed E-state index contributed by atoms with van der Waals surface area (Å²) >= 11 is 0. The Morgan fingerprint density at radius 3 is 2.80 bits per heavy atom. The maximum Gasteiger partial charge on any atom is 0.123 e. The molecule has 0 saturated heterocycles. The van der Waals surface area contributed by atoms with Crippen LogP contribution in [0.15, 0.2) is 24.3 Å². The van der Waals surface area contributed by atoms with Gasteiger partial charge in [0.15, 0.2) is 0 Å². The summed E-state index contributed by atoms with van der Waals surface area (Å²) in [6.07, 6.45) is 3.92. The smallest absolute Gasteiger partial charge is 0.123 e. The lowest BCUT2D eigenvalue weighted by Gasteiger charge is -2.34. The second kappa shape index (κ2) is 4.75. The number of hydrogen-bond acceptors (Lipinski definition) is 1. The van der Waals surface area contributed by atoms with Crippen molar-refractivity contribution in [3.05, 3.63) is 35.6 Å². The first-order chi connectivity index (χ1) is 7.31. The number of halogens is 1. The van der Waals surface area contributed by atoms with E-state index in [0.29, 0.717) is 5.92 Å². The largest absolute Gasteiger partial charge is 0.319 e. The Morgan fingerprint density at radius 2 is 2.27 bits per heavy atom. The van der Waals surface area contributed by atoms with Crippen molar-refractivity contribution in [2.24, 2.45) is 5.92 Å². The highest BCUT2D eigenvalue weighted by atomic mass is 19.1. The number of rotatable bonds is 4. The van der Waals surface area contributed by atoms with E-state index in [1.54, 1.807) is 6.07 Å². The van der Waals surface area contributed by atoms with Crippen LogP contribution >= 0.6 is 0 Å². The third-order valence-electron chi connectivity index (χ3n) is 3.42. The van der Waals surface area contributed by atoms with Crippen molar-refractivity contribution >= 4 is 0 Å². The zero-order valence-electron chi connectivity index (χ0n) is 9.17. The van der Waals surface area contributed by atoms with Gasteiger partial charge in [-0.05, 0) is 49.4 Å². The van der Waals surface area contributed by atoms with Crippen molar-refractivity contribution in [2.45, 2.75) is 25.2 Å². The van der Waals surface area contributed by atoms with Crippen molar-refractivity contribution in [1.82, 2.24) is 5.32 Å². The van der Waals surface area contributed by atoms with Gasteiger partial charge in [-0.15, -0.1) is 0 Å². The Kier molecular flexibility index (Phi) is 3.37. The van der Waals surface area contributed by atoms with Gasteiger partial charge in [0, 0.05) is 6.54 Å². The van der Waals surface area contributed by atoms with Gasteiger partial charge in [-0.2, -0.15) is 0 Å². The summed E-state index contributed by atoms with van der Waals surface area (Å²) in [6, 6.07) is 7.05. The van der Waals surface area contributed by atoms with E-state index < -0.39 is 0 Å². The maximum absolute atomic E-state index is 13.1. The van der Waals surface area contributed by atoms with Gasteiger partial charge in [0.2, 0.25) is 0 Å². The van der Waals surface area contributed by atoms with Gasteiger partial charge in [-0.3, -0.25) is 0 Å². The van der Waals surface area contributed by atoms with Gasteiger partial charge in [0.1, 0.15) is 5.82 Å². The molecule has 0 aromatic heterocycles. The minimum atomic E-state index is -0.118. The van der Waals surface area contributed by atoms with E-state index in [2.05, 4.69) is 5.32 Å². The highest BCUT2D eigenvalue weighted by Gasteiger charge is 2.27. The molecule has 1 aromatic carbocycles. The van der Waals surface area contributed by atoms with Crippen LogP contribution in [-0.4, -0.2) is 13.6 Å². The Morgan fingerprint density at radius 1 is 1.47 bits per heavy atom. The quantitative estimate of drug-likeness (QED) is 0.800. The maximum atomic E-state index is 13.1. The van der Waals surface area contributed by atoms with E-state index in [-0.39, 0.29) is 5.82 Å². The third-order valence-corrected chi connectivity index (χ3v) is 3.42. The first-order valence-corrected chi connectivity index (χ1v) is 5.71. The van der Waals surface area contributed by atoms with E-state index in [1.165, 1.54) is 25.3 Å². The third kappa shape index (κ3) is 2.37. The van der Waals surface area contributed by atoms with Crippen molar-refractivity contribution < 1.29 is 4.39 Å². The molecule has 1 nitrogen and oxygen atoms in total. The molecule has 0 bridgehead atoms. The topological polar surface area (TPSA) is 12.0 Å². The predicted molar refractivity (Wildman–Crippen MR) is 60.4 cm³/mol. The highest BCUT2D eigenvalue weighted by Crippen LogP contribution is 2.38. The van der Waals surface area contributed by atoms with Gasteiger partial charge in [-0.25, -0.2) is 4.39 Å². The van der Waals surface area contributed by atoms with Crippen LogP contribution in [0.5, 0.6) is 0 Å². The zero-order valence-corrected chi connectivity index (χ0v) is 9.17. The average molecular weight is 207 g/mol. The van der Waals surface area contributed by atoms with Gasteiger partial charge < -0.3 is 5.32 Å². The molecule has 2 heteroatoms. The minimum absolute atomic E-state index is 0.118. The van der Waals surface area contributed by atoms with Crippen LogP contribution in [0.3, 0.4) is 0 Å². The number of nitrogens with one attached hydrogen (secondary N) is 1. The van der Waals surface area contributed by atoms with Crippen LogP contribution in [0.1, 0.15) is 30.7 Å². The summed E-state index contributed by atoms with van der Waals surface area (Å²) < 4.78 is 13.1. The highest BCUT2D eigenvalue weighted by molar-refractivity contribution is 5.22. The predicted octanol–water partition coefficient (Wildman–Crippen LogP) is 2.93. The van der Waals surface area contributed by atoms with Crippen molar-refractivity contribution in [2.75, 3.05) is 13.6 Å². The van der Waals surface area contributed by atoms with Crippen LogP contribution in [0.25, 0.3) is 0 Å². The fourth-order valence-corrected chi connectivity index (χ4v) is 2.36. The van der Waals surface area contributed by atoms with Crippen molar-refractivity contribution in [1.29, 1.82) is 0 Å². The molecule has 0 amide bonds. The standard InChI is InChI=1S/C13H18FN/c1-15-9-13(10-4-2-5-10)11-6-3-7-12(14)8-11/h3,6-8,10,13,15H,2,4-5,9H2,1H3. The summed E-state index contributed by atoms with van der Waals surface area (Å²) in [5.74, 6) is 1.12.